The van der Waals surface area contributed by atoms with Gasteiger partial charge in [0.15, 0.2) is 0 Å². The molecule has 1 heterocycles. The predicted octanol–water partition coefficient (Wildman–Crippen LogP) is 2.25. The lowest BCUT2D eigenvalue weighted by molar-refractivity contribution is -0.143. The number of carbonyl (C=O) groups excluding carboxylic acids is 2. The number of nitrogens with zero attached hydrogens (tertiary/aromatic N) is 1. The van der Waals surface area contributed by atoms with Gasteiger partial charge in [0.1, 0.15) is 6.54 Å². The van der Waals surface area contributed by atoms with Crippen molar-refractivity contribution in [3.63, 3.8) is 0 Å². The second-order valence-corrected chi connectivity index (χ2v) is 5.17. The molecule has 0 spiro atoms. The quantitative estimate of drug-likeness (QED) is 0.770. The van der Waals surface area contributed by atoms with E-state index in [4.69, 9.17) is 4.74 Å². The molecule has 0 unspecified atom stereocenters. The summed E-state index contributed by atoms with van der Waals surface area (Å²) in [7, 11) is 1.61. The zero-order valence-electron chi connectivity index (χ0n) is 11.3. The highest BCUT2D eigenvalue weighted by Crippen LogP contribution is 2.23. The smallest absolute Gasteiger partial charge is 0.325 e. The lowest BCUT2D eigenvalue weighted by Crippen LogP contribution is -2.32. The van der Waals surface area contributed by atoms with Gasteiger partial charge in [-0.25, -0.2) is 0 Å². The molecule has 0 saturated heterocycles. The first kappa shape index (κ1) is 14.7. The van der Waals surface area contributed by atoms with E-state index < -0.39 is 0 Å². The number of amides is 1. The van der Waals surface area contributed by atoms with Crippen LogP contribution in [0.15, 0.2) is 6.07 Å². The molecule has 0 aliphatic rings. The number of likely N-dealkylation sites (N-methyl/N-ethyl adjacent to an activating group) is 1. The van der Waals surface area contributed by atoms with Gasteiger partial charge >= 0.3 is 5.97 Å². The monoisotopic (exact) mass is 269 g/mol. The van der Waals surface area contributed by atoms with Gasteiger partial charge in [0.2, 0.25) is 0 Å². The minimum absolute atomic E-state index is 0.00885. The Morgan fingerprint density at radius 3 is 2.56 bits per heavy atom. The molecule has 0 N–H and O–H groups in total. The predicted molar refractivity (Wildman–Crippen MR) is 72.0 cm³/mol. The molecule has 1 amide bonds. The fourth-order valence-corrected chi connectivity index (χ4v) is 2.74. The summed E-state index contributed by atoms with van der Waals surface area (Å²) in [5.74, 6) is -0.506. The number of rotatable bonds is 5. The van der Waals surface area contributed by atoms with Gasteiger partial charge in [-0.3, -0.25) is 9.59 Å². The van der Waals surface area contributed by atoms with Crippen LogP contribution in [-0.2, 0) is 16.0 Å². The van der Waals surface area contributed by atoms with Crippen molar-refractivity contribution in [1.82, 2.24) is 4.90 Å². The van der Waals surface area contributed by atoms with Crippen molar-refractivity contribution in [3.05, 3.63) is 21.4 Å². The summed E-state index contributed by atoms with van der Waals surface area (Å²) in [5, 5.41) is 0. The molecular weight excluding hydrogens is 250 g/mol. The third-order valence-corrected chi connectivity index (χ3v) is 3.94. The first-order valence-electron chi connectivity index (χ1n) is 6.00. The van der Waals surface area contributed by atoms with E-state index in [1.54, 1.807) is 14.0 Å². The van der Waals surface area contributed by atoms with Crippen LogP contribution in [0.25, 0.3) is 0 Å². The standard InChI is InChI=1S/C13H19NO3S/c1-5-10-9(3)7-11(18-10)13(16)14(4)8-12(15)17-6-2/h7H,5-6,8H2,1-4H3. The summed E-state index contributed by atoms with van der Waals surface area (Å²) >= 11 is 1.49. The van der Waals surface area contributed by atoms with Crippen LogP contribution in [0.2, 0.25) is 0 Å². The third kappa shape index (κ3) is 3.57. The molecule has 0 aromatic carbocycles. The number of ether oxygens (including phenoxy) is 1. The number of thiophene rings is 1. The SMILES string of the molecule is CCOC(=O)CN(C)C(=O)c1cc(C)c(CC)s1. The molecule has 0 aliphatic carbocycles. The summed E-state index contributed by atoms with van der Waals surface area (Å²) in [6.07, 6.45) is 0.922. The Bertz CT molecular complexity index is 439. The van der Waals surface area contributed by atoms with Gasteiger partial charge < -0.3 is 9.64 Å². The summed E-state index contributed by atoms with van der Waals surface area (Å²) in [6, 6.07) is 1.88. The molecule has 4 nitrogen and oxygen atoms in total. The number of hydrogen-bond acceptors (Lipinski definition) is 4. The zero-order valence-corrected chi connectivity index (χ0v) is 12.1. The van der Waals surface area contributed by atoms with Gasteiger partial charge in [-0.2, -0.15) is 0 Å². The minimum atomic E-state index is -0.377. The van der Waals surface area contributed by atoms with Crippen LogP contribution < -0.4 is 0 Å². The molecular formula is C13H19NO3S. The Morgan fingerprint density at radius 2 is 2.06 bits per heavy atom. The molecule has 0 fully saturated rings. The topological polar surface area (TPSA) is 46.6 Å². The van der Waals surface area contributed by atoms with Crippen LogP contribution in [0.3, 0.4) is 0 Å². The van der Waals surface area contributed by atoms with Crippen LogP contribution in [0.5, 0.6) is 0 Å². The van der Waals surface area contributed by atoms with Gasteiger partial charge in [0, 0.05) is 11.9 Å². The van der Waals surface area contributed by atoms with E-state index in [0.717, 1.165) is 12.0 Å². The van der Waals surface area contributed by atoms with Gasteiger partial charge in [-0.15, -0.1) is 11.3 Å². The van der Waals surface area contributed by atoms with Crippen LogP contribution in [-0.4, -0.2) is 37.0 Å². The minimum Gasteiger partial charge on any atom is -0.465 e. The van der Waals surface area contributed by atoms with E-state index in [-0.39, 0.29) is 18.4 Å². The first-order chi connectivity index (χ1) is 8.49. The average Bonchev–Trinajstić information content (AvgIpc) is 2.69. The molecule has 1 rings (SSSR count). The molecule has 18 heavy (non-hydrogen) atoms. The van der Waals surface area contributed by atoms with Crippen molar-refractivity contribution in [1.29, 1.82) is 0 Å². The molecule has 5 heteroatoms. The van der Waals surface area contributed by atoms with E-state index in [9.17, 15) is 9.59 Å². The van der Waals surface area contributed by atoms with Crippen LogP contribution in [0.4, 0.5) is 0 Å². The zero-order chi connectivity index (χ0) is 13.7. The number of hydrogen-bond donors (Lipinski definition) is 0. The van der Waals surface area contributed by atoms with Crippen molar-refractivity contribution in [2.45, 2.75) is 27.2 Å². The molecule has 0 bridgehead atoms. The molecule has 0 atom stereocenters. The van der Waals surface area contributed by atoms with Gasteiger partial charge in [-0.05, 0) is 31.9 Å². The van der Waals surface area contributed by atoms with Crippen molar-refractivity contribution in [3.8, 4) is 0 Å². The maximum atomic E-state index is 12.1. The molecule has 0 aliphatic heterocycles. The summed E-state index contributed by atoms with van der Waals surface area (Å²) < 4.78 is 4.82. The lowest BCUT2D eigenvalue weighted by atomic mass is 10.2. The van der Waals surface area contributed by atoms with Crippen molar-refractivity contribution >= 4 is 23.2 Å². The Balaban J connectivity index is 2.70. The summed E-state index contributed by atoms with van der Waals surface area (Å²) in [5.41, 5.74) is 1.13. The normalized spacial score (nSPS) is 10.2. The second kappa shape index (κ2) is 6.54. The molecule has 1 aromatic rings. The van der Waals surface area contributed by atoms with E-state index >= 15 is 0 Å². The maximum Gasteiger partial charge on any atom is 0.325 e. The number of aryl methyl sites for hydroxylation is 2. The molecule has 1 aromatic heterocycles. The van der Waals surface area contributed by atoms with E-state index in [2.05, 4.69) is 6.92 Å². The van der Waals surface area contributed by atoms with Gasteiger partial charge in [-0.1, -0.05) is 6.92 Å². The van der Waals surface area contributed by atoms with Crippen LogP contribution >= 0.6 is 11.3 Å². The number of carbonyl (C=O) groups is 2. The largest absolute Gasteiger partial charge is 0.465 e. The highest BCUT2D eigenvalue weighted by Gasteiger charge is 2.18. The van der Waals surface area contributed by atoms with E-state index in [0.29, 0.717) is 11.5 Å². The fraction of sp³-hybridized carbons (Fsp3) is 0.538. The molecule has 0 radical (unpaired) electrons. The molecule has 0 saturated carbocycles. The van der Waals surface area contributed by atoms with E-state index in [1.165, 1.54) is 21.1 Å². The van der Waals surface area contributed by atoms with Gasteiger partial charge in [0.25, 0.3) is 5.91 Å². The number of esters is 1. The Labute approximate surface area is 112 Å². The average molecular weight is 269 g/mol. The van der Waals surface area contributed by atoms with Crippen molar-refractivity contribution in [2.75, 3.05) is 20.2 Å². The highest BCUT2D eigenvalue weighted by atomic mass is 32.1. The Kier molecular flexibility index (Phi) is 5.34. The van der Waals surface area contributed by atoms with Gasteiger partial charge in [0.05, 0.1) is 11.5 Å². The Morgan fingerprint density at radius 1 is 1.39 bits per heavy atom. The molecule has 100 valence electrons. The summed E-state index contributed by atoms with van der Waals surface area (Å²) in [4.78, 5) is 26.7. The van der Waals surface area contributed by atoms with Crippen molar-refractivity contribution < 1.29 is 14.3 Å². The maximum absolute atomic E-state index is 12.1. The lowest BCUT2D eigenvalue weighted by Gasteiger charge is -2.14. The first-order valence-corrected chi connectivity index (χ1v) is 6.81. The van der Waals surface area contributed by atoms with Crippen LogP contribution in [0, 0.1) is 6.92 Å². The summed E-state index contributed by atoms with van der Waals surface area (Å²) in [6.45, 7) is 6.13. The second-order valence-electron chi connectivity index (χ2n) is 4.04. The Hall–Kier alpha value is -1.36. The van der Waals surface area contributed by atoms with Crippen molar-refractivity contribution in [2.24, 2.45) is 0 Å². The highest BCUT2D eigenvalue weighted by molar-refractivity contribution is 7.14. The fourth-order valence-electron chi connectivity index (χ4n) is 1.64. The third-order valence-electron chi connectivity index (χ3n) is 2.57. The van der Waals surface area contributed by atoms with Crippen LogP contribution in [0.1, 0.15) is 34.0 Å². The van der Waals surface area contributed by atoms with E-state index in [1.807, 2.05) is 13.0 Å².